The molecule has 114 valence electrons. The highest BCUT2D eigenvalue weighted by molar-refractivity contribution is 7.94. The molecule has 1 saturated carbocycles. The molecule has 1 aliphatic carbocycles. The van der Waals surface area contributed by atoms with Crippen molar-refractivity contribution in [2.75, 3.05) is 5.32 Å². The number of rotatable bonds is 5. The average molecular weight is 317 g/mol. The molecule has 3 rings (SSSR count). The summed E-state index contributed by atoms with van der Waals surface area (Å²) < 4.78 is 27.8. The topological polar surface area (TPSA) is 103 Å². The molecule has 0 radical (unpaired) electrons. The molecule has 0 spiro atoms. The van der Waals surface area contributed by atoms with Crippen LogP contribution in [0.5, 0.6) is 0 Å². The van der Waals surface area contributed by atoms with Crippen molar-refractivity contribution in [1.29, 1.82) is 0 Å². The van der Waals surface area contributed by atoms with E-state index in [2.05, 4.69) is 20.0 Å². The van der Waals surface area contributed by atoms with Gasteiger partial charge in [-0.25, -0.2) is 8.42 Å². The highest BCUT2D eigenvalue weighted by atomic mass is 32.2. The van der Waals surface area contributed by atoms with Crippen molar-refractivity contribution in [2.45, 2.75) is 17.7 Å². The number of benzene rings is 1. The number of hydrogen-bond acceptors (Lipinski definition) is 5. The SMILES string of the molecule is O=C(Nc1ccc(S(=O)(=O)[N-]c2ncccn2)cc1)C1CC1. The summed E-state index contributed by atoms with van der Waals surface area (Å²) in [7, 11) is -3.88. The summed E-state index contributed by atoms with van der Waals surface area (Å²) in [5.41, 5.74) is 0.562. The van der Waals surface area contributed by atoms with Crippen LogP contribution in [-0.2, 0) is 14.8 Å². The van der Waals surface area contributed by atoms with Crippen molar-refractivity contribution in [3.8, 4) is 0 Å². The van der Waals surface area contributed by atoms with E-state index in [9.17, 15) is 13.2 Å². The van der Waals surface area contributed by atoms with Crippen LogP contribution in [-0.4, -0.2) is 24.3 Å². The summed E-state index contributed by atoms with van der Waals surface area (Å²) in [5, 5.41) is 2.74. The standard InChI is InChI=1S/C14H14N4O3S/c19-13(10-2-3-10)17-11-4-6-12(7-5-11)22(20,21)18-14-15-8-1-9-16-14/h1,4-10H,2-3H2,(H2,15,16,17,18,19)/p-1. The van der Waals surface area contributed by atoms with E-state index in [1.54, 1.807) is 6.07 Å². The van der Waals surface area contributed by atoms with Gasteiger partial charge in [0.15, 0.2) is 0 Å². The van der Waals surface area contributed by atoms with Crippen LogP contribution in [0.3, 0.4) is 0 Å². The van der Waals surface area contributed by atoms with Gasteiger partial charge < -0.3 is 15.3 Å². The maximum atomic E-state index is 12.1. The molecular formula is C14H13N4O3S-. The predicted octanol–water partition coefficient (Wildman–Crippen LogP) is 2.22. The van der Waals surface area contributed by atoms with Crippen molar-refractivity contribution in [1.82, 2.24) is 9.97 Å². The van der Waals surface area contributed by atoms with Gasteiger partial charge in [0.2, 0.25) is 15.9 Å². The molecule has 1 amide bonds. The van der Waals surface area contributed by atoms with Gasteiger partial charge in [0.25, 0.3) is 0 Å². The number of nitrogens with one attached hydrogen (secondary N) is 1. The Labute approximate surface area is 127 Å². The van der Waals surface area contributed by atoms with E-state index in [0.717, 1.165) is 12.8 Å². The molecule has 2 aromatic rings. The number of aromatic nitrogens is 2. The fourth-order valence-corrected chi connectivity index (χ4v) is 2.69. The number of carbonyl (C=O) groups is 1. The minimum Gasteiger partial charge on any atom is -0.366 e. The van der Waals surface area contributed by atoms with E-state index in [1.165, 1.54) is 36.7 Å². The van der Waals surface area contributed by atoms with Gasteiger partial charge in [-0.2, -0.15) is 0 Å². The van der Waals surface area contributed by atoms with Crippen LogP contribution in [0, 0.1) is 5.92 Å². The molecule has 0 atom stereocenters. The molecule has 1 fully saturated rings. The molecule has 0 unspecified atom stereocenters. The molecule has 0 bridgehead atoms. The van der Waals surface area contributed by atoms with Gasteiger partial charge in [-0.15, -0.1) is 0 Å². The molecule has 22 heavy (non-hydrogen) atoms. The molecule has 7 nitrogen and oxygen atoms in total. The van der Waals surface area contributed by atoms with Crippen LogP contribution in [0.25, 0.3) is 4.72 Å². The van der Waals surface area contributed by atoms with Gasteiger partial charge in [0.05, 0.1) is 4.90 Å². The molecule has 0 aliphatic heterocycles. The minimum atomic E-state index is -3.88. The quantitative estimate of drug-likeness (QED) is 0.910. The number of amides is 1. The van der Waals surface area contributed by atoms with E-state index >= 15 is 0 Å². The van der Waals surface area contributed by atoms with Crippen LogP contribution in [0.2, 0.25) is 0 Å². The Morgan fingerprint density at radius 2 is 1.77 bits per heavy atom. The summed E-state index contributed by atoms with van der Waals surface area (Å²) in [6, 6.07) is 7.43. The average Bonchev–Trinajstić information content (AvgIpc) is 3.33. The Bertz CT molecular complexity index is 771. The summed E-state index contributed by atoms with van der Waals surface area (Å²) in [6.07, 6.45) is 4.65. The minimum absolute atomic E-state index is 0.0179. The number of carbonyl (C=O) groups excluding carboxylic acids is 1. The monoisotopic (exact) mass is 317 g/mol. The zero-order valence-corrected chi connectivity index (χ0v) is 12.3. The second-order valence-electron chi connectivity index (χ2n) is 4.90. The zero-order chi connectivity index (χ0) is 15.6. The van der Waals surface area contributed by atoms with Crippen LogP contribution in [0.1, 0.15) is 12.8 Å². The first kappa shape index (κ1) is 14.5. The first-order chi connectivity index (χ1) is 10.5. The number of hydrogen-bond donors (Lipinski definition) is 1. The largest absolute Gasteiger partial charge is 0.366 e. The highest BCUT2D eigenvalue weighted by Gasteiger charge is 2.29. The fourth-order valence-electron chi connectivity index (χ4n) is 1.80. The van der Waals surface area contributed by atoms with Gasteiger partial charge in [-0.05, 0) is 49.5 Å². The second kappa shape index (κ2) is 5.72. The Morgan fingerprint density at radius 1 is 1.14 bits per heavy atom. The Morgan fingerprint density at radius 3 is 2.36 bits per heavy atom. The number of anilines is 1. The Balaban J connectivity index is 1.72. The third-order valence-electron chi connectivity index (χ3n) is 3.12. The normalized spacial score (nSPS) is 14.4. The van der Waals surface area contributed by atoms with E-state index < -0.39 is 10.0 Å². The van der Waals surface area contributed by atoms with E-state index in [0.29, 0.717) is 5.69 Å². The molecule has 0 saturated heterocycles. The molecular weight excluding hydrogens is 304 g/mol. The van der Waals surface area contributed by atoms with E-state index in [1.807, 2.05) is 0 Å². The molecule has 1 heterocycles. The van der Waals surface area contributed by atoms with Crippen molar-refractivity contribution in [3.05, 3.63) is 47.4 Å². The highest BCUT2D eigenvalue weighted by Crippen LogP contribution is 2.30. The molecule has 8 heteroatoms. The second-order valence-corrected chi connectivity index (χ2v) is 6.51. The lowest BCUT2D eigenvalue weighted by Gasteiger charge is -2.12. The molecule has 1 aromatic heterocycles. The summed E-state index contributed by atoms with van der Waals surface area (Å²) in [4.78, 5) is 19.2. The van der Waals surface area contributed by atoms with Crippen molar-refractivity contribution >= 4 is 27.6 Å². The van der Waals surface area contributed by atoms with Gasteiger partial charge in [0, 0.05) is 17.6 Å². The maximum absolute atomic E-state index is 12.1. The summed E-state index contributed by atoms with van der Waals surface area (Å²) in [5.74, 6) is -0.0553. The molecule has 1 N–H and O–H groups in total. The van der Waals surface area contributed by atoms with Gasteiger partial charge in [-0.1, -0.05) is 6.07 Å². The van der Waals surface area contributed by atoms with Crippen LogP contribution >= 0.6 is 0 Å². The van der Waals surface area contributed by atoms with Gasteiger partial charge >= 0.3 is 0 Å². The third kappa shape index (κ3) is 3.40. The first-order valence-electron chi connectivity index (χ1n) is 6.70. The first-order valence-corrected chi connectivity index (χ1v) is 8.14. The molecule has 1 aromatic carbocycles. The van der Waals surface area contributed by atoms with Crippen molar-refractivity contribution in [2.24, 2.45) is 5.92 Å². The summed E-state index contributed by atoms with van der Waals surface area (Å²) in [6.45, 7) is 0. The Hall–Kier alpha value is -2.48. The van der Waals surface area contributed by atoms with E-state index in [-0.39, 0.29) is 22.7 Å². The molecule has 1 aliphatic rings. The van der Waals surface area contributed by atoms with Gasteiger partial charge in [0.1, 0.15) is 0 Å². The maximum Gasteiger partial charge on any atom is 0.229 e. The lowest BCUT2D eigenvalue weighted by molar-refractivity contribution is -0.117. The lowest BCUT2D eigenvalue weighted by Crippen LogP contribution is -2.13. The van der Waals surface area contributed by atoms with Crippen LogP contribution < -0.4 is 5.32 Å². The fraction of sp³-hybridized carbons (Fsp3) is 0.214. The number of sulfonamides is 1. The van der Waals surface area contributed by atoms with Gasteiger partial charge in [-0.3, -0.25) is 9.52 Å². The van der Waals surface area contributed by atoms with E-state index in [4.69, 9.17) is 0 Å². The zero-order valence-electron chi connectivity index (χ0n) is 11.5. The third-order valence-corrected chi connectivity index (χ3v) is 4.39. The van der Waals surface area contributed by atoms with Crippen molar-refractivity contribution in [3.63, 3.8) is 0 Å². The summed E-state index contributed by atoms with van der Waals surface area (Å²) >= 11 is 0. The van der Waals surface area contributed by atoms with Crippen LogP contribution in [0.4, 0.5) is 11.6 Å². The van der Waals surface area contributed by atoms with Crippen LogP contribution in [0.15, 0.2) is 47.6 Å². The predicted molar refractivity (Wildman–Crippen MR) is 80.0 cm³/mol. The lowest BCUT2D eigenvalue weighted by atomic mass is 10.3. The smallest absolute Gasteiger partial charge is 0.229 e. The van der Waals surface area contributed by atoms with Crippen molar-refractivity contribution < 1.29 is 13.2 Å². The Kier molecular flexibility index (Phi) is 3.76. The number of nitrogens with zero attached hydrogens (tertiary/aromatic N) is 3.